The number of aliphatic carboxylic acids is 1. The van der Waals surface area contributed by atoms with Crippen molar-refractivity contribution in [3.63, 3.8) is 0 Å². The summed E-state index contributed by atoms with van der Waals surface area (Å²) in [6.45, 7) is 2.63. The van der Waals surface area contributed by atoms with Gasteiger partial charge in [-0.1, -0.05) is 23.4 Å². The number of hydrogen-bond acceptors (Lipinski definition) is 5. The average Bonchev–Trinajstić information content (AvgIpc) is 3.08. The van der Waals surface area contributed by atoms with Crippen LogP contribution < -0.4 is 0 Å². The van der Waals surface area contributed by atoms with Gasteiger partial charge in [-0.2, -0.15) is 0 Å². The summed E-state index contributed by atoms with van der Waals surface area (Å²) in [6.07, 6.45) is 0.949. The van der Waals surface area contributed by atoms with Crippen LogP contribution >= 0.6 is 0 Å². The SMILES string of the molecule is Cc1c(CC(=O)N(C)CC(=O)N2CCC(C(=O)O)CC2)nnn1-c1ccccc1. The lowest BCUT2D eigenvalue weighted by atomic mass is 9.97. The molecule has 1 aromatic carbocycles. The predicted molar refractivity (Wildman–Crippen MR) is 104 cm³/mol. The van der Waals surface area contributed by atoms with Gasteiger partial charge in [-0.05, 0) is 31.9 Å². The first-order chi connectivity index (χ1) is 13.9. The molecule has 2 amide bonds. The second-order valence-electron chi connectivity index (χ2n) is 7.29. The van der Waals surface area contributed by atoms with Crippen molar-refractivity contribution in [2.24, 2.45) is 5.92 Å². The number of likely N-dealkylation sites (N-methyl/N-ethyl adjacent to an activating group) is 1. The Morgan fingerprint density at radius 3 is 2.45 bits per heavy atom. The number of carbonyl (C=O) groups excluding carboxylic acids is 2. The smallest absolute Gasteiger partial charge is 0.306 e. The number of aromatic nitrogens is 3. The fraction of sp³-hybridized carbons (Fsp3) is 0.450. The van der Waals surface area contributed by atoms with Gasteiger partial charge in [0.1, 0.15) is 0 Å². The summed E-state index contributed by atoms with van der Waals surface area (Å²) in [4.78, 5) is 39.0. The summed E-state index contributed by atoms with van der Waals surface area (Å²) in [7, 11) is 1.58. The van der Waals surface area contributed by atoms with Crippen molar-refractivity contribution in [3.8, 4) is 5.69 Å². The summed E-state index contributed by atoms with van der Waals surface area (Å²) in [5.74, 6) is -1.60. The molecule has 0 spiro atoms. The van der Waals surface area contributed by atoms with Crippen LogP contribution in [0.4, 0.5) is 0 Å². The standard InChI is InChI=1S/C20H25N5O4/c1-14-17(21-22-25(14)16-6-4-3-5-7-16)12-18(26)23(2)13-19(27)24-10-8-15(9-11-24)20(28)29/h3-7,15H,8-13H2,1-2H3,(H,28,29). The number of nitrogens with zero attached hydrogens (tertiary/aromatic N) is 5. The lowest BCUT2D eigenvalue weighted by Gasteiger charge is -2.31. The Morgan fingerprint density at radius 1 is 1.17 bits per heavy atom. The number of amides is 2. The lowest BCUT2D eigenvalue weighted by molar-refractivity contribution is -0.146. The van der Waals surface area contributed by atoms with Crippen molar-refractivity contribution in [3.05, 3.63) is 41.7 Å². The molecule has 0 unspecified atom stereocenters. The molecule has 2 aromatic rings. The maximum absolute atomic E-state index is 12.6. The maximum atomic E-state index is 12.6. The minimum absolute atomic E-state index is 0.0392. The van der Waals surface area contributed by atoms with Crippen molar-refractivity contribution in [1.82, 2.24) is 24.8 Å². The first kappa shape index (κ1) is 20.5. The van der Waals surface area contributed by atoms with E-state index in [-0.39, 0.29) is 24.8 Å². The highest BCUT2D eigenvalue weighted by molar-refractivity contribution is 5.85. The van der Waals surface area contributed by atoms with Crippen LogP contribution in [0.3, 0.4) is 0 Å². The van der Waals surface area contributed by atoms with Crippen LogP contribution in [0.2, 0.25) is 0 Å². The molecule has 154 valence electrons. The third kappa shape index (κ3) is 4.79. The molecular formula is C20H25N5O4. The molecule has 9 nitrogen and oxygen atoms in total. The number of hydrogen-bond donors (Lipinski definition) is 1. The molecule has 9 heteroatoms. The molecule has 1 N–H and O–H groups in total. The number of carbonyl (C=O) groups is 3. The Labute approximate surface area is 168 Å². The monoisotopic (exact) mass is 399 g/mol. The summed E-state index contributed by atoms with van der Waals surface area (Å²) >= 11 is 0. The molecule has 1 saturated heterocycles. The minimum atomic E-state index is -0.816. The molecule has 0 atom stereocenters. The van der Waals surface area contributed by atoms with Gasteiger partial charge in [-0.15, -0.1) is 5.10 Å². The van der Waals surface area contributed by atoms with E-state index in [0.29, 0.717) is 31.6 Å². The zero-order valence-electron chi connectivity index (χ0n) is 16.6. The fourth-order valence-corrected chi connectivity index (χ4v) is 3.38. The minimum Gasteiger partial charge on any atom is -0.481 e. The van der Waals surface area contributed by atoms with Crippen molar-refractivity contribution in [2.45, 2.75) is 26.2 Å². The van der Waals surface area contributed by atoms with Crippen LogP contribution in [0.15, 0.2) is 30.3 Å². The highest BCUT2D eigenvalue weighted by Gasteiger charge is 2.28. The van der Waals surface area contributed by atoms with Crippen LogP contribution in [0, 0.1) is 12.8 Å². The van der Waals surface area contributed by atoms with E-state index in [0.717, 1.165) is 11.4 Å². The van der Waals surface area contributed by atoms with Gasteiger partial charge in [-0.3, -0.25) is 14.4 Å². The topological polar surface area (TPSA) is 109 Å². The van der Waals surface area contributed by atoms with Crippen molar-refractivity contribution >= 4 is 17.8 Å². The van der Waals surface area contributed by atoms with Gasteiger partial charge in [0.2, 0.25) is 11.8 Å². The molecule has 0 radical (unpaired) electrons. The lowest BCUT2D eigenvalue weighted by Crippen LogP contribution is -2.45. The van der Waals surface area contributed by atoms with Crippen molar-refractivity contribution in [1.29, 1.82) is 0 Å². The average molecular weight is 399 g/mol. The van der Waals surface area contributed by atoms with Crippen LogP contribution in [-0.4, -0.2) is 74.4 Å². The van der Waals surface area contributed by atoms with E-state index in [4.69, 9.17) is 5.11 Å². The Hall–Kier alpha value is -3.23. The number of benzene rings is 1. The predicted octanol–water partition coefficient (Wildman–Crippen LogP) is 0.900. The molecule has 0 aliphatic carbocycles. The number of carboxylic acids is 1. The normalized spacial score (nSPS) is 14.6. The van der Waals surface area contributed by atoms with E-state index in [1.807, 2.05) is 37.3 Å². The molecule has 0 saturated carbocycles. The van der Waals surface area contributed by atoms with Crippen molar-refractivity contribution < 1.29 is 19.5 Å². The number of para-hydroxylation sites is 1. The van der Waals surface area contributed by atoms with E-state index in [1.54, 1.807) is 16.6 Å². The third-order valence-electron chi connectivity index (χ3n) is 5.30. The molecule has 0 bridgehead atoms. The van der Waals surface area contributed by atoms with Gasteiger partial charge >= 0.3 is 5.97 Å². The Bertz CT molecular complexity index is 888. The molecular weight excluding hydrogens is 374 g/mol. The highest BCUT2D eigenvalue weighted by atomic mass is 16.4. The molecule has 1 aliphatic heterocycles. The van der Waals surface area contributed by atoms with Gasteiger partial charge in [-0.25, -0.2) is 4.68 Å². The summed E-state index contributed by atoms with van der Waals surface area (Å²) in [5, 5.41) is 17.3. The molecule has 3 rings (SSSR count). The van der Waals surface area contributed by atoms with Crippen LogP contribution in [-0.2, 0) is 20.8 Å². The van der Waals surface area contributed by atoms with E-state index in [9.17, 15) is 14.4 Å². The first-order valence-electron chi connectivity index (χ1n) is 9.58. The van der Waals surface area contributed by atoms with Crippen LogP contribution in [0.25, 0.3) is 5.69 Å². The van der Waals surface area contributed by atoms with Crippen LogP contribution in [0.5, 0.6) is 0 Å². The van der Waals surface area contributed by atoms with E-state index >= 15 is 0 Å². The van der Waals surface area contributed by atoms with Gasteiger partial charge < -0.3 is 14.9 Å². The summed E-state index contributed by atoms with van der Waals surface area (Å²) in [6, 6.07) is 9.54. The van der Waals surface area contributed by atoms with Gasteiger partial charge in [0.05, 0.1) is 36.0 Å². The highest BCUT2D eigenvalue weighted by Crippen LogP contribution is 2.17. The largest absolute Gasteiger partial charge is 0.481 e. The zero-order valence-corrected chi connectivity index (χ0v) is 16.6. The maximum Gasteiger partial charge on any atom is 0.306 e. The van der Waals surface area contributed by atoms with E-state index < -0.39 is 11.9 Å². The van der Waals surface area contributed by atoms with E-state index in [1.165, 1.54) is 4.90 Å². The Morgan fingerprint density at radius 2 is 1.83 bits per heavy atom. The van der Waals surface area contributed by atoms with Gasteiger partial charge in [0.25, 0.3) is 0 Å². The zero-order chi connectivity index (χ0) is 21.0. The first-order valence-corrected chi connectivity index (χ1v) is 9.58. The molecule has 1 aromatic heterocycles. The molecule has 29 heavy (non-hydrogen) atoms. The number of piperidine rings is 1. The van der Waals surface area contributed by atoms with Crippen molar-refractivity contribution in [2.75, 3.05) is 26.7 Å². The molecule has 2 heterocycles. The fourth-order valence-electron chi connectivity index (χ4n) is 3.38. The molecule has 1 aliphatic rings. The Balaban J connectivity index is 1.55. The quantitative estimate of drug-likeness (QED) is 0.773. The van der Waals surface area contributed by atoms with Crippen LogP contribution in [0.1, 0.15) is 24.2 Å². The number of likely N-dealkylation sites (tertiary alicyclic amines) is 1. The second kappa shape index (κ2) is 8.85. The second-order valence-corrected chi connectivity index (χ2v) is 7.29. The van der Waals surface area contributed by atoms with Gasteiger partial charge in [0, 0.05) is 20.1 Å². The van der Waals surface area contributed by atoms with E-state index in [2.05, 4.69) is 10.3 Å². The summed E-state index contributed by atoms with van der Waals surface area (Å²) in [5.41, 5.74) is 2.21. The van der Waals surface area contributed by atoms with Gasteiger partial charge in [0.15, 0.2) is 0 Å². The third-order valence-corrected chi connectivity index (χ3v) is 5.30. The summed E-state index contributed by atoms with van der Waals surface area (Å²) < 4.78 is 1.68. The number of rotatable bonds is 6. The number of carboxylic acid groups (broad SMARTS) is 1. The molecule has 1 fully saturated rings. The Kier molecular flexibility index (Phi) is 6.26.